The first-order valence-electron chi connectivity index (χ1n) is 6.90. The normalized spacial score (nSPS) is 34.2. The third kappa shape index (κ3) is 1.57. The molecule has 2 saturated carbocycles. The average molecular weight is 275 g/mol. The molecule has 1 aromatic carbocycles. The molecule has 0 aliphatic heterocycles. The molecule has 0 N–H and O–H groups in total. The van der Waals surface area contributed by atoms with Gasteiger partial charge < -0.3 is 0 Å². The molecule has 0 saturated heterocycles. The molecule has 3 rings (SSSR count). The van der Waals surface area contributed by atoms with E-state index in [1.165, 1.54) is 0 Å². The van der Waals surface area contributed by atoms with Gasteiger partial charge in [0.25, 0.3) is 0 Å². The Kier molecular flexibility index (Phi) is 2.86. The number of Topliss-reactive ketones (excluding diaryl/α,β-unsaturated/α-hetero) is 1. The van der Waals surface area contributed by atoms with Crippen LogP contribution in [0.15, 0.2) is 35.9 Å². The molecule has 19 heavy (non-hydrogen) atoms. The van der Waals surface area contributed by atoms with Gasteiger partial charge in [-0.05, 0) is 35.8 Å². The van der Waals surface area contributed by atoms with Crippen molar-refractivity contribution < 1.29 is 4.79 Å². The highest BCUT2D eigenvalue weighted by Crippen LogP contribution is 2.66. The maximum Gasteiger partial charge on any atom is 0.167 e. The minimum Gasteiger partial charge on any atom is -0.294 e. The lowest BCUT2D eigenvalue weighted by Gasteiger charge is -2.33. The van der Waals surface area contributed by atoms with Gasteiger partial charge in [0.1, 0.15) is 0 Å². The smallest absolute Gasteiger partial charge is 0.167 e. The van der Waals surface area contributed by atoms with Gasteiger partial charge in [-0.3, -0.25) is 4.79 Å². The van der Waals surface area contributed by atoms with Crippen molar-refractivity contribution in [1.82, 2.24) is 0 Å². The monoisotopic (exact) mass is 274 g/mol. The summed E-state index contributed by atoms with van der Waals surface area (Å²) in [6.45, 7) is 4.41. The van der Waals surface area contributed by atoms with Crippen LogP contribution < -0.4 is 0 Å². The van der Waals surface area contributed by atoms with Gasteiger partial charge in [-0.1, -0.05) is 44.2 Å². The number of rotatable bonds is 2. The molecule has 0 aromatic heterocycles. The molecule has 2 bridgehead atoms. The fraction of sp³-hybridized carbons (Fsp3) is 0.471. The van der Waals surface area contributed by atoms with Crippen molar-refractivity contribution in [3.05, 3.63) is 41.5 Å². The molecular formula is C17H19ClO. The van der Waals surface area contributed by atoms with E-state index < -0.39 is 0 Å². The molecule has 2 fully saturated rings. The van der Waals surface area contributed by atoms with Gasteiger partial charge in [-0.25, -0.2) is 0 Å². The van der Waals surface area contributed by atoms with E-state index in [0.29, 0.717) is 11.8 Å². The molecule has 2 aliphatic rings. The summed E-state index contributed by atoms with van der Waals surface area (Å²) >= 11 is 6.19. The number of allylic oxidation sites excluding steroid dienone is 1. The van der Waals surface area contributed by atoms with E-state index in [4.69, 9.17) is 11.6 Å². The first-order valence-corrected chi connectivity index (χ1v) is 7.44. The second kappa shape index (κ2) is 4.21. The standard InChI is InChI=1S/C17H19ClO/c1-16(2)14-8-9-17(16,11-18)15(19)13(14)10-12-6-4-3-5-7-12/h3-7,10,14H,8-9,11H2,1-2H3. The molecule has 2 heteroatoms. The molecule has 1 nitrogen and oxygen atoms in total. The number of carbonyl (C=O) groups excluding carboxylic acids is 1. The predicted octanol–water partition coefficient (Wildman–Crippen LogP) is 4.31. The Morgan fingerprint density at radius 1 is 1.32 bits per heavy atom. The number of halogens is 1. The van der Waals surface area contributed by atoms with Gasteiger partial charge >= 0.3 is 0 Å². The first-order chi connectivity index (χ1) is 9.03. The van der Waals surface area contributed by atoms with Crippen molar-refractivity contribution in [2.45, 2.75) is 26.7 Å². The Morgan fingerprint density at radius 3 is 2.58 bits per heavy atom. The number of ketones is 1. The Morgan fingerprint density at radius 2 is 2.00 bits per heavy atom. The van der Waals surface area contributed by atoms with Gasteiger partial charge in [0, 0.05) is 11.5 Å². The fourth-order valence-electron chi connectivity index (χ4n) is 3.99. The molecule has 0 spiro atoms. The summed E-state index contributed by atoms with van der Waals surface area (Å²) in [5.41, 5.74) is 1.76. The maximum absolute atomic E-state index is 12.8. The maximum atomic E-state index is 12.8. The van der Waals surface area contributed by atoms with Crippen LogP contribution in [0.4, 0.5) is 0 Å². The molecule has 0 heterocycles. The van der Waals surface area contributed by atoms with Crippen LogP contribution in [0.3, 0.4) is 0 Å². The highest BCUT2D eigenvalue weighted by molar-refractivity contribution is 6.22. The van der Waals surface area contributed by atoms with Crippen LogP contribution >= 0.6 is 11.6 Å². The molecule has 2 atom stereocenters. The summed E-state index contributed by atoms with van der Waals surface area (Å²) < 4.78 is 0. The van der Waals surface area contributed by atoms with Gasteiger partial charge in [0.2, 0.25) is 0 Å². The van der Waals surface area contributed by atoms with Crippen molar-refractivity contribution >= 4 is 23.5 Å². The zero-order valence-corrected chi connectivity index (χ0v) is 12.2. The quantitative estimate of drug-likeness (QED) is 0.580. The highest BCUT2D eigenvalue weighted by Gasteiger charge is 2.65. The fourth-order valence-corrected chi connectivity index (χ4v) is 4.59. The molecule has 100 valence electrons. The number of carbonyl (C=O) groups is 1. The molecule has 0 radical (unpaired) electrons. The Bertz CT molecular complexity index is 544. The predicted molar refractivity (Wildman–Crippen MR) is 79.1 cm³/mol. The van der Waals surface area contributed by atoms with Gasteiger partial charge in [-0.2, -0.15) is 0 Å². The molecule has 2 unspecified atom stereocenters. The second-order valence-corrected chi connectivity index (χ2v) is 6.64. The van der Waals surface area contributed by atoms with Crippen LogP contribution in [0.5, 0.6) is 0 Å². The van der Waals surface area contributed by atoms with Crippen molar-refractivity contribution in [3.8, 4) is 0 Å². The summed E-state index contributed by atoms with van der Waals surface area (Å²) in [6, 6.07) is 10.1. The zero-order valence-electron chi connectivity index (χ0n) is 11.4. The summed E-state index contributed by atoms with van der Waals surface area (Å²) in [6.07, 6.45) is 4.10. The van der Waals surface area contributed by atoms with Crippen molar-refractivity contribution in [2.24, 2.45) is 16.7 Å². The third-order valence-corrected chi connectivity index (χ3v) is 5.84. The van der Waals surface area contributed by atoms with E-state index in [1.54, 1.807) is 0 Å². The van der Waals surface area contributed by atoms with Crippen LogP contribution in [-0.4, -0.2) is 11.7 Å². The van der Waals surface area contributed by atoms with Crippen LogP contribution in [0, 0.1) is 16.7 Å². The van der Waals surface area contributed by atoms with Crippen LogP contribution in [-0.2, 0) is 4.79 Å². The van der Waals surface area contributed by atoms with E-state index >= 15 is 0 Å². The van der Waals surface area contributed by atoms with E-state index in [1.807, 2.05) is 30.3 Å². The number of fused-ring (bicyclic) bond motifs is 2. The molecule has 2 aliphatic carbocycles. The summed E-state index contributed by atoms with van der Waals surface area (Å²) in [5, 5.41) is 0. The van der Waals surface area contributed by atoms with Crippen molar-refractivity contribution in [2.75, 3.05) is 5.88 Å². The van der Waals surface area contributed by atoms with E-state index in [9.17, 15) is 4.79 Å². The van der Waals surface area contributed by atoms with Crippen molar-refractivity contribution in [1.29, 1.82) is 0 Å². The average Bonchev–Trinajstić information content (AvgIpc) is 2.75. The largest absolute Gasteiger partial charge is 0.294 e. The number of hydrogen-bond acceptors (Lipinski definition) is 1. The van der Waals surface area contributed by atoms with Crippen molar-refractivity contribution in [3.63, 3.8) is 0 Å². The van der Waals surface area contributed by atoms with Crippen LogP contribution in [0.2, 0.25) is 0 Å². The molecule has 1 aromatic rings. The number of hydrogen-bond donors (Lipinski definition) is 0. The molecule has 0 amide bonds. The lowest BCUT2D eigenvalue weighted by atomic mass is 9.70. The highest BCUT2D eigenvalue weighted by atomic mass is 35.5. The number of alkyl halides is 1. The van der Waals surface area contributed by atoms with E-state index in [0.717, 1.165) is 24.0 Å². The van der Waals surface area contributed by atoms with Crippen LogP contribution in [0.25, 0.3) is 6.08 Å². The topological polar surface area (TPSA) is 17.1 Å². The van der Waals surface area contributed by atoms with E-state index in [2.05, 4.69) is 19.9 Å². The Balaban J connectivity index is 2.07. The minimum atomic E-state index is -0.333. The second-order valence-electron chi connectivity index (χ2n) is 6.37. The van der Waals surface area contributed by atoms with Gasteiger partial charge in [-0.15, -0.1) is 11.6 Å². The Labute approximate surface area is 119 Å². The van der Waals surface area contributed by atoms with E-state index in [-0.39, 0.29) is 16.6 Å². The summed E-state index contributed by atoms with van der Waals surface area (Å²) in [7, 11) is 0. The zero-order chi connectivity index (χ0) is 13.7. The number of benzene rings is 1. The minimum absolute atomic E-state index is 0.00749. The Hall–Kier alpha value is -1.08. The third-order valence-electron chi connectivity index (χ3n) is 5.39. The lowest BCUT2D eigenvalue weighted by Crippen LogP contribution is -2.37. The van der Waals surface area contributed by atoms with Crippen LogP contribution in [0.1, 0.15) is 32.3 Å². The van der Waals surface area contributed by atoms with Gasteiger partial charge in [0.05, 0.1) is 5.41 Å². The van der Waals surface area contributed by atoms with Gasteiger partial charge in [0.15, 0.2) is 5.78 Å². The summed E-state index contributed by atoms with van der Waals surface area (Å²) in [4.78, 5) is 12.8. The lowest BCUT2D eigenvalue weighted by molar-refractivity contribution is -0.125. The summed E-state index contributed by atoms with van der Waals surface area (Å²) in [5.74, 6) is 1.09. The first kappa shape index (κ1) is 12.9. The SMILES string of the molecule is CC1(C)C2CCC1(CCl)C(=O)C2=Cc1ccccc1. The molecular weight excluding hydrogens is 256 g/mol.